The van der Waals surface area contributed by atoms with Crippen molar-refractivity contribution in [3.8, 4) is 0 Å². The number of pyridine rings is 1. The Bertz CT molecular complexity index is 630. The highest BCUT2D eigenvalue weighted by Gasteiger charge is 2.46. The van der Waals surface area contributed by atoms with Gasteiger partial charge in [0.05, 0.1) is 6.61 Å². The standard InChI is InChI=1S/C21H33N3O2/c1-15(2)24-14-21(12-19(24)13-26-5)6-8-23(9-7-21)20(25)18-10-16(3)22-17(4)11-18/h10-11,15,19H,6-9,12-14H2,1-5H3/t19-/m0/s1. The van der Waals surface area contributed by atoms with E-state index in [1.54, 1.807) is 7.11 Å². The van der Waals surface area contributed by atoms with Gasteiger partial charge in [0.15, 0.2) is 0 Å². The molecule has 0 unspecified atom stereocenters. The number of carbonyl (C=O) groups excluding carboxylic acids is 1. The average Bonchev–Trinajstić information content (AvgIpc) is 2.93. The maximum absolute atomic E-state index is 12.9. The summed E-state index contributed by atoms with van der Waals surface area (Å²) < 4.78 is 5.47. The predicted octanol–water partition coefficient (Wildman–Crippen LogP) is 3.05. The number of nitrogens with zero attached hydrogens (tertiary/aromatic N) is 3. The third-order valence-corrected chi connectivity index (χ3v) is 6.12. The number of hydrogen-bond acceptors (Lipinski definition) is 4. The molecule has 1 spiro atoms. The van der Waals surface area contributed by atoms with E-state index in [0.29, 0.717) is 17.5 Å². The third kappa shape index (κ3) is 3.94. The van der Waals surface area contributed by atoms with Crippen molar-refractivity contribution in [2.45, 2.75) is 59.0 Å². The number of aromatic nitrogens is 1. The van der Waals surface area contributed by atoms with Crippen LogP contribution in [0.15, 0.2) is 12.1 Å². The van der Waals surface area contributed by atoms with Crippen LogP contribution in [0.4, 0.5) is 0 Å². The zero-order chi connectivity index (χ0) is 18.9. The SMILES string of the molecule is COC[C@@H]1CC2(CCN(C(=O)c3cc(C)nc(C)c3)CC2)CN1C(C)C. The van der Waals surface area contributed by atoms with Crippen molar-refractivity contribution in [3.05, 3.63) is 29.1 Å². The van der Waals surface area contributed by atoms with Crippen LogP contribution in [-0.4, -0.2) is 66.1 Å². The average molecular weight is 360 g/mol. The molecule has 3 rings (SSSR count). The van der Waals surface area contributed by atoms with Crippen molar-refractivity contribution in [2.24, 2.45) is 5.41 Å². The van der Waals surface area contributed by atoms with Crippen LogP contribution in [-0.2, 0) is 4.74 Å². The summed E-state index contributed by atoms with van der Waals surface area (Å²) in [5, 5.41) is 0. The molecule has 1 atom stereocenters. The highest BCUT2D eigenvalue weighted by Crippen LogP contribution is 2.44. The molecule has 2 fully saturated rings. The quantitative estimate of drug-likeness (QED) is 0.829. The first kappa shape index (κ1) is 19.3. The third-order valence-electron chi connectivity index (χ3n) is 6.12. The van der Waals surface area contributed by atoms with E-state index in [1.807, 2.05) is 30.9 Å². The van der Waals surface area contributed by atoms with Gasteiger partial charge < -0.3 is 9.64 Å². The van der Waals surface area contributed by atoms with Crippen molar-refractivity contribution in [1.29, 1.82) is 0 Å². The minimum Gasteiger partial charge on any atom is -0.383 e. The van der Waals surface area contributed by atoms with Gasteiger partial charge in [-0.3, -0.25) is 14.7 Å². The molecule has 2 aliphatic heterocycles. The second-order valence-electron chi connectivity index (χ2n) is 8.51. The fourth-order valence-electron chi connectivity index (χ4n) is 4.84. The molecule has 26 heavy (non-hydrogen) atoms. The monoisotopic (exact) mass is 359 g/mol. The minimum absolute atomic E-state index is 0.153. The fourth-order valence-corrected chi connectivity index (χ4v) is 4.84. The van der Waals surface area contributed by atoms with E-state index in [4.69, 9.17) is 4.74 Å². The molecule has 0 saturated carbocycles. The van der Waals surface area contributed by atoms with Crippen LogP contribution in [0.3, 0.4) is 0 Å². The molecule has 2 saturated heterocycles. The van der Waals surface area contributed by atoms with Crippen molar-refractivity contribution in [1.82, 2.24) is 14.8 Å². The maximum atomic E-state index is 12.9. The number of likely N-dealkylation sites (tertiary alicyclic amines) is 2. The van der Waals surface area contributed by atoms with Crippen LogP contribution in [0.25, 0.3) is 0 Å². The Morgan fingerprint density at radius 2 is 1.88 bits per heavy atom. The molecule has 1 aromatic heterocycles. The van der Waals surface area contributed by atoms with Crippen LogP contribution in [0.5, 0.6) is 0 Å². The summed E-state index contributed by atoms with van der Waals surface area (Å²) in [5.41, 5.74) is 2.94. The van der Waals surface area contributed by atoms with Crippen molar-refractivity contribution in [3.63, 3.8) is 0 Å². The molecule has 1 aromatic rings. The topological polar surface area (TPSA) is 45.7 Å². The first-order valence-corrected chi connectivity index (χ1v) is 9.83. The fraction of sp³-hybridized carbons (Fsp3) is 0.714. The molecule has 2 aliphatic rings. The molecule has 0 aromatic carbocycles. The lowest BCUT2D eigenvalue weighted by molar-refractivity contribution is 0.0581. The first-order chi connectivity index (χ1) is 12.3. The van der Waals surface area contributed by atoms with Crippen molar-refractivity contribution >= 4 is 5.91 Å². The van der Waals surface area contributed by atoms with E-state index in [1.165, 1.54) is 6.42 Å². The zero-order valence-corrected chi connectivity index (χ0v) is 16.9. The summed E-state index contributed by atoms with van der Waals surface area (Å²) in [6.07, 6.45) is 3.37. The molecular formula is C21H33N3O2. The molecule has 144 valence electrons. The predicted molar refractivity (Wildman–Crippen MR) is 103 cm³/mol. The van der Waals surface area contributed by atoms with Crippen molar-refractivity contribution < 1.29 is 9.53 Å². The summed E-state index contributed by atoms with van der Waals surface area (Å²) in [7, 11) is 1.80. The Morgan fingerprint density at radius 1 is 1.27 bits per heavy atom. The number of hydrogen-bond donors (Lipinski definition) is 0. The van der Waals surface area contributed by atoms with E-state index >= 15 is 0 Å². The second kappa shape index (κ2) is 7.65. The summed E-state index contributed by atoms with van der Waals surface area (Å²) in [6.45, 7) is 12.1. The lowest BCUT2D eigenvalue weighted by Gasteiger charge is -2.39. The van der Waals surface area contributed by atoms with Gasteiger partial charge in [0.25, 0.3) is 5.91 Å². The molecule has 5 heteroatoms. The molecule has 0 bridgehead atoms. The first-order valence-electron chi connectivity index (χ1n) is 9.83. The summed E-state index contributed by atoms with van der Waals surface area (Å²) in [4.78, 5) is 21.9. The van der Waals surface area contributed by atoms with Gasteiger partial charge in [-0.05, 0) is 64.5 Å². The summed E-state index contributed by atoms with van der Waals surface area (Å²) in [5.74, 6) is 0.153. The Hall–Kier alpha value is -1.46. The number of rotatable bonds is 4. The number of methoxy groups -OCH3 is 1. The van der Waals surface area contributed by atoms with E-state index in [-0.39, 0.29) is 5.91 Å². The van der Waals surface area contributed by atoms with E-state index < -0.39 is 0 Å². The molecular weight excluding hydrogens is 326 g/mol. The van der Waals surface area contributed by atoms with Gasteiger partial charge in [0.2, 0.25) is 0 Å². The van der Waals surface area contributed by atoms with Crippen LogP contribution >= 0.6 is 0 Å². The van der Waals surface area contributed by atoms with Gasteiger partial charge in [0, 0.05) is 55.8 Å². The Balaban J connectivity index is 1.66. The molecule has 5 nitrogen and oxygen atoms in total. The van der Waals surface area contributed by atoms with E-state index in [9.17, 15) is 4.79 Å². The normalized spacial score (nSPS) is 23.2. The largest absolute Gasteiger partial charge is 0.383 e. The molecule has 3 heterocycles. The molecule has 0 radical (unpaired) electrons. The lowest BCUT2D eigenvalue weighted by atomic mass is 9.76. The smallest absolute Gasteiger partial charge is 0.253 e. The van der Waals surface area contributed by atoms with E-state index in [0.717, 1.165) is 56.0 Å². The second-order valence-corrected chi connectivity index (χ2v) is 8.51. The van der Waals surface area contributed by atoms with Gasteiger partial charge >= 0.3 is 0 Å². The van der Waals surface area contributed by atoms with Crippen LogP contribution in [0, 0.1) is 19.3 Å². The van der Waals surface area contributed by atoms with Gasteiger partial charge in [-0.2, -0.15) is 0 Å². The van der Waals surface area contributed by atoms with Gasteiger partial charge in [0.1, 0.15) is 0 Å². The number of aryl methyl sites for hydroxylation is 2. The molecule has 0 N–H and O–H groups in total. The van der Waals surface area contributed by atoms with Gasteiger partial charge in [-0.15, -0.1) is 0 Å². The van der Waals surface area contributed by atoms with Crippen molar-refractivity contribution in [2.75, 3.05) is 33.4 Å². The lowest BCUT2D eigenvalue weighted by Crippen LogP contribution is -2.44. The van der Waals surface area contributed by atoms with E-state index in [2.05, 4.69) is 23.7 Å². The Morgan fingerprint density at radius 3 is 2.42 bits per heavy atom. The maximum Gasteiger partial charge on any atom is 0.253 e. The van der Waals surface area contributed by atoms with Crippen LogP contribution in [0.2, 0.25) is 0 Å². The van der Waals surface area contributed by atoms with Gasteiger partial charge in [-0.25, -0.2) is 0 Å². The van der Waals surface area contributed by atoms with Gasteiger partial charge in [-0.1, -0.05) is 0 Å². The highest BCUT2D eigenvalue weighted by molar-refractivity contribution is 5.94. The number of carbonyl (C=O) groups is 1. The number of piperidine rings is 1. The number of amides is 1. The summed E-state index contributed by atoms with van der Waals surface area (Å²) in [6, 6.07) is 4.86. The minimum atomic E-state index is 0.153. The van der Waals surface area contributed by atoms with Crippen LogP contribution < -0.4 is 0 Å². The summed E-state index contributed by atoms with van der Waals surface area (Å²) >= 11 is 0. The molecule has 1 amide bonds. The Kier molecular flexibility index (Phi) is 5.68. The molecule has 0 aliphatic carbocycles. The highest BCUT2D eigenvalue weighted by atomic mass is 16.5. The van der Waals surface area contributed by atoms with Crippen LogP contribution in [0.1, 0.15) is 54.9 Å². The number of ether oxygens (including phenoxy) is 1. The Labute approximate surface area is 157 Å². The zero-order valence-electron chi connectivity index (χ0n) is 16.9.